The van der Waals surface area contributed by atoms with E-state index in [0.717, 1.165) is 11.3 Å². The molecular formula is C13H21NO. The van der Waals surface area contributed by atoms with Crippen LogP contribution in [0.1, 0.15) is 39.3 Å². The van der Waals surface area contributed by atoms with E-state index < -0.39 is 0 Å². The predicted octanol–water partition coefficient (Wildman–Crippen LogP) is 3.13. The van der Waals surface area contributed by atoms with Gasteiger partial charge in [-0.25, -0.2) is 0 Å². The first kappa shape index (κ1) is 12.1. The van der Waals surface area contributed by atoms with Gasteiger partial charge in [0.2, 0.25) is 0 Å². The molecule has 0 heterocycles. The van der Waals surface area contributed by atoms with E-state index in [1.165, 1.54) is 0 Å². The summed E-state index contributed by atoms with van der Waals surface area (Å²) in [5.74, 6) is 0.905. The lowest BCUT2D eigenvalue weighted by Crippen LogP contribution is -2.26. The summed E-state index contributed by atoms with van der Waals surface area (Å²) in [4.78, 5) is 0. The minimum Gasteiger partial charge on any atom is -0.494 e. The molecule has 0 spiro atoms. The van der Waals surface area contributed by atoms with Crippen LogP contribution < -0.4 is 10.5 Å². The average Bonchev–Trinajstić information content (AvgIpc) is 2.17. The molecule has 84 valence electrons. The second-order valence-electron chi connectivity index (χ2n) is 4.85. The quantitative estimate of drug-likeness (QED) is 0.826. The number of hydrogen-bond donors (Lipinski definition) is 1. The maximum absolute atomic E-state index is 6.16. The summed E-state index contributed by atoms with van der Waals surface area (Å²) in [5.41, 5.74) is 7.40. The molecule has 0 saturated heterocycles. The van der Waals surface area contributed by atoms with Gasteiger partial charge in [-0.15, -0.1) is 0 Å². The van der Waals surface area contributed by atoms with E-state index >= 15 is 0 Å². The molecule has 0 saturated carbocycles. The fourth-order valence-electron chi connectivity index (χ4n) is 1.44. The van der Waals surface area contributed by atoms with Gasteiger partial charge in [0.05, 0.1) is 6.61 Å². The molecule has 1 aromatic rings. The van der Waals surface area contributed by atoms with Crippen LogP contribution in [0, 0.1) is 5.41 Å². The van der Waals surface area contributed by atoms with Gasteiger partial charge in [-0.05, 0) is 30.0 Å². The first-order chi connectivity index (χ1) is 6.95. The molecule has 2 nitrogen and oxygen atoms in total. The second kappa shape index (κ2) is 4.67. The first-order valence-corrected chi connectivity index (χ1v) is 5.43. The molecule has 1 atom stereocenters. The molecule has 0 fully saturated rings. The minimum absolute atomic E-state index is 0.0631. The van der Waals surface area contributed by atoms with Crippen LogP contribution in [-0.2, 0) is 0 Å². The second-order valence-corrected chi connectivity index (χ2v) is 4.85. The van der Waals surface area contributed by atoms with Crippen LogP contribution in [0.4, 0.5) is 0 Å². The predicted molar refractivity (Wildman–Crippen MR) is 64.0 cm³/mol. The van der Waals surface area contributed by atoms with Gasteiger partial charge in [-0.2, -0.15) is 0 Å². The van der Waals surface area contributed by atoms with Crippen molar-refractivity contribution in [3.05, 3.63) is 29.8 Å². The monoisotopic (exact) mass is 207 g/mol. The largest absolute Gasteiger partial charge is 0.494 e. The van der Waals surface area contributed by atoms with E-state index in [0.29, 0.717) is 6.61 Å². The highest BCUT2D eigenvalue weighted by molar-refractivity contribution is 5.29. The van der Waals surface area contributed by atoms with Gasteiger partial charge in [0.15, 0.2) is 0 Å². The van der Waals surface area contributed by atoms with Crippen LogP contribution in [0.5, 0.6) is 5.75 Å². The molecule has 1 rings (SSSR count). The van der Waals surface area contributed by atoms with Crippen molar-refractivity contribution < 1.29 is 4.74 Å². The Morgan fingerprint density at radius 3 is 2.13 bits per heavy atom. The van der Waals surface area contributed by atoms with Gasteiger partial charge in [0.25, 0.3) is 0 Å². The van der Waals surface area contributed by atoms with Crippen molar-refractivity contribution in [2.75, 3.05) is 6.61 Å². The van der Waals surface area contributed by atoms with E-state index in [1.54, 1.807) is 0 Å². The van der Waals surface area contributed by atoms with Crippen LogP contribution in [0.15, 0.2) is 24.3 Å². The highest BCUT2D eigenvalue weighted by Gasteiger charge is 2.21. The van der Waals surface area contributed by atoms with Gasteiger partial charge in [0, 0.05) is 6.04 Å². The van der Waals surface area contributed by atoms with Crippen LogP contribution in [0.25, 0.3) is 0 Å². The number of rotatable bonds is 3. The van der Waals surface area contributed by atoms with E-state index in [2.05, 4.69) is 20.8 Å². The maximum Gasteiger partial charge on any atom is 0.119 e. The topological polar surface area (TPSA) is 35.2 Å². The Hall–Kier alpha value is -1.02. The average molecular weight is 207 g/mol. The molecule has 2 heteroatoms. The molecule has 0 bridgehead atoms. The Bertz CT molecular complexity index is 297. The third-order valence-electron chi connectivity index (χ3n) is 2.48. The standard InChI is InChI=1S/C13H21NO/c1-5-15-11-8-6-10(7-9-11)12(14)13(2,3)4/h6-9,12H,5,14H2,1-4H3/t12-/m1/s1. The summed E-state index contributed by atoms with van der Waals surface area (Å²) in [7, 11) is 0. The molecule has 2 N–H and O–H groups in total. The van der Waals surface area contributed by atoms with Gasteiger partial charge < -0.3 is 10.5 Å². The summed E-state index contributed by atoms with van der Waals surface area (Å²) >= 11 is 0. The zero-order chi connectivity index (χ0) is 11.5. The Morgan fingerprint density at radius 1 is 1.20 bits per heavy atom. The number of nitrogens with two attached hydrogens (primary N) is 1. The zero-order valence-electron chi connectivity index (χ0n) is 10.1. The van der Waals surface area contributed by atoms with E-state index in [4.69, 9.17) is 10.5 Å². The maximum atomic E-state index is 6.16. The molecule has 0 aliphatic rings. The lowest BCUT2D eigenvalue weighted by atomic mass is 9.83. The Balaban J connectivity index is 2.80. The van der Waals surface area contributed by atoms with Crippen LogP contribution in [0.3, 0.4) is 0 Å². The van der Waals surface area contributed by atoms with Gasteiger partial charge in [0.1, 0.15) is 5.75 Å². The first-order valence-electron chi connectivity index (χ1n) is 5.43. The Labute approximate surface area is 92.4 Å². The molecule has 0 aromatic heterocycles. The summed E-state index contributed by atoms with van der Waals surface area (Å²) in [6, 6.07) is 8.10. The molecule has 0 radical (unpaired) electrons. The van der Waals surface area contributed by atoms with Crippen molar-refractivity contribution >= 4 is 0 Å². The van der Waals surface area contributed by atoms with Crippen LogP contribution in [0.2, 0.25) is 0 Å². The molecule has 1 aromatic carbocycles. The summed E-state index contributed by atoms with van der Waals surface area (Å²) in [6.45, 7) is 9.12. The highest BCUT2D eigenvalue weighted by atomic mass is 16.5. The highest BCUT2D eigenvalue weighted by Crippen LogP contribution is 2.30. The minimum atomic E-state index is 0.0631. The van der Waals surface area contributed by atoms with Crippen molar-refractivity contribution in [3.63, 3.8) is 0 Å². The molecule has 0 unspecified atom stereocenters. The fraction of sp³-hybridized carbons (Fsp3) is 0.538. The molecule has 15 heavy (non-hydrogen) atoms. The van der Waals surface area contributed by atoms with Crippen molar-refractivity contribution in [3.8, 4) is 5.75 Å². The fourth-order valence-corrected chi connectivity index (χ4v) is 1.44. The number of ether oxygens (including phenoxy) is 1. The van der Waals surface area contributed by atoms with Gasteiger partial charge in [-0.3, -0.25) is 0 Å². The lowest BCUT2D eigenvalue weighted by molar-refractivity contribution is 0.324. The number of hydrogen-bond acceptors (Lipinski definition) is 2. The molecular weight excluding hydrogens is 186 g/mol. The van der Waals surface area contributed by atoms with Crippen LogP contribution >= 0.6 is 0 Å². The summed E-state index contributed by atoms with van der Waals surface area (Å²) in [6.07, 6.45) is 0. The van der Waals surface area contributed by atoms with Gasteiger partial charge in [-0.1, -0.05) is 32.9 Å². The van der Waals surface area contributed by atoms with Crippen molar-refractivity contribution in [2.45, 2.75) is 33.7 Å². The SMILES string of the molecule is CCOc1ccc([C@@H](N)C(C)(C)C)cc1. The van der Waals surface area contributed by atoms with Gasteiger partial charge >= 0.3 is 0 Å². The third-order valence-corrected chi connectivity index (χ3v) is 2.48. The van der Waals surface area contributed by atoms with Crippen molar-refractivity contribution in [1.29, 1.82) is 0 Å². The molecule has 0 amide bonds. The van der Waals surface area contributed by atoms with Crippen molar-refractivity contribution in [1.82, 2.24) is 0 Å². The smallest absolute Gasteiger partial charge is 0.119 e. The van der Waals surface area contributed by atoms with Crippen molar-refractivity contribution in [2.24, 2.45) is 11.1 Å². The molecule has 0 aliphatic carbocycles. The van der Waals surface area contributed by atoms with E-state index in [1.807, 2.05) is 31.2 Å². The number of benzene rings is 1. The summed E-state index contributed by atoms with van der Waals surface area (Å²) < 4.78 is 5.39. The zero-order valence-corrected chi connectivity index (χ0v) is 10.1. The Kier molecular flexibility index (Phi) is 3.75. The van der Waals surface area contributed by atoms with Crippen LogP contribution in [-0.4, -0.2) is 6.61 Å². The third kappa shape index (κ3) is 3.24. The molecule has 0 aliphatic heterocycles. The van der Waals surface area contributed by atoms with E-state index in [9.17, 15) is 0 Å². The summed E-state index contributed by atoms with van der Waals surface area (Å²) in [5, 5.41) is 0. The normalized spacial score (nSPS) is 13.7. The lowest BCUT2D eigenvalue weighted by Gasteiger charge is -2.27. The Morgan fingerprint density at radius 2 is 1.73 bits per heavy atom. The van der Waals surface area contributed by atoms with E-state index in [-0.39, 0.29) is 11.5 Å².